The lowest BCUT2D eigenvalue weighted by molar-refractivity contribution is 0.112. The highest BCUT2D eigenvalue weighted by Crippen LogP contribution is 2.14. The molecule has 3 aromatic rings. The van der Waals surface area contributed by atoms with Crippen LogP contribution in [0.1, 0.15) is 16.1 Å². The number of fused-ring (bicyclic) bond motifs is 3. The van der Waals surface area contributed by atoms with E-state index in [9.17, 15) is 4.79 Å². The van der Waals surface area contributed by atoms with Crippen molar-refractivity contribution in [2.45, 2.75) is 6.92 Å². The van der Waals surface area contributed by atoms with Crippen LogP contribution in [-0.4, -0.2) is 26.1 Å². The van der Waals surface area contributed by atoms with E-state index in [4.69, 9.17) is 0 Å². The molecule has 0 aliphatic carbocycles. The van der Waals surface area contributed by atoms with Crippen molar-refractivity contribution in [1.29, 1.82) is 0 Å². The molecular formula is C11H8N4O. The Morgan fingerprint density at radius 3 is 2.94 bits per heavy atom. The highest BCUT2D eigenvalue weighted by molar-refractivity contribution is 5.85. The van der Waals surface area contributed by atoms with Crippen molar-refractivity contribution in [3.8, 4) is 0 Å². The van der Waals surface area contributed by atoms with Crippen molar-refractivity contribution in [3.63, 3.8) is 0 Å². The van der Waals surface area contributed by atoms with Gasteiger partial charge in [-0.25, -0.2) is 4.52 Å². The van der Waals surface area contributed by atoms with E-state index in [0.717, 1.165) is 17.5 Å². The van der Waals surface area contributed by atoms with E-state index in [1.807, 2.05) is 19.1 Å². The van der Waals surface area contributed by atoms with Crippen LogP contribution in [0, 0.1) is 6.92 Å². The van der Waals surface area contributed by atoms with Gasteiger partial charge in [-0.15, -0.1) is 10.2 Å². The van der Waals surface area contributed by atoms with Crippen LogP contribution in [0.2, 0.25) is 0 Å². The van der Waals surface area contributed by atoms with E-state index >= 15 is 0 Å². The number of benzene rings is 1. The largest absolute Gasteiger partial charge is 0.298 e. The van der Waals surface area contributed by atoms with E-state index < -0.39 is 0 Å². The first-order valence-electron chi connectivity index (χ1n) is 4.86. The number of rotatable bonds is 1. The van der Waals surface area contributed by atoms with Crippen LogP contribution in [0.15, 0.2) is 24.3 Å². The summed E-state index contributed by atoms with van der Waals surface area (Å²) in [5.74, 6) is 0. The maximum Gasteiger partial charge on any atom is 0.178 e. The Balaban J connectivity index is 2.46. The average molecular weight is 212 g/mol. The van der Waals surface area contributed by atoms with Crippen LogP contribution in [0.4, 0.5) is 0 Å². The predicted molar refractivity (Wildman–Crippen MR) is 58.4 cm³/mol. The van der Waals surface area contributed by atoms with Gasteiger partial charge in [-0.3, -0.25) is 4.79 Å². The first kappa shape index (κ1) is 8.96. The van der Waals surface area contributed by atoms with Gasteiger partial charge in [-0.2, -0.15) is 5.10 Å². The fourth-order valence-electron chi connectivity index (χ4n) is 1.71. The van der Waals surface area contributed by atoms with Gasteiger partial charge in [0, 0.05) is 11.6 Å². The molecule has 0 aliphatic heterocycles. The average Bonchev–Trinajstić information content (AvgIpc) is 2.69. The fourth-order valence-corrected chi connectivity index (χ4v) is 1.71. The zero-order valence-corrected chi connectivity index (χ0v) is 8.58. The Labute approximate surface area is 90.7 Å². The van der Waals surface area contributed by atoms with E-state index in [2.05, 4.69) is 15.3 Å². The van der Waals surface area contributed by atoms with Crippen LogP contribution >= 0.6 is 0 Å². The minimum absolute atomic E-state index is 0.588. The molecule has 0 radical (unpaired) electrons. The molecule has 0 amide bonds. The Morgan fingerprint density at radius 2 is 2.12 bits per heavy atom. The zero-order valence-electron chi connectivity index (χ0n) is 8.58. The van der Waals surface area contributed by atoms with Gasteiger partial charge < -0.3 is 0 Å². The summed E-state index contributed by atoms with van der Waals surface area (Å²) in [7, 11) is 0. The number of aldehydes is 1. The normalized spacial score (nSPS) is 11.1. The second-order valence-electron chi connectivity index (χ2n) is 3.62. The molecule has 2 heterocycles. The van der Waals surface area contributed by atoms with Crippen molar-refractivity contribution in [2.75, 3.05) is 0 Å². The summed E-state index contributed by atoms with van der Waals surface area (Å²) in [6.07, 6.45) is 0.791. The monoisotopic (exact) mass is 212 g/mol. The number of carbonyl (C=O) groups excluding carboxylic acids is 1. The Morgan fingerprint density at radius 1 is 1.25 bits per heavy atom. The number of aromatic nitrogens is 4. The van der Waals surface area contributed by atoms with Gasteiger partial charge >= 0.3 is 0 Å². The standard InChI is InChI=1S/C11H8N4O/c1-7-4-11-13-12-9-5-8(6-16)2-3-10(9)15(11)14-7/h2-6H,1H3. The summed E-state index contributed by atoms with van der Waals surface area (Å²) < 4.78 is 1.73. The maximum absolute atomic E-state index is 10.6. The number of hydrogen-bond acceptors (Lipinski definition) is 4. The van der Waals surface area contributed by atoms with E-state index in [-0.39, 0.29) is 0 Å². The first-order valence-corrected chi connectivity index (χ1v) is 4.86. The molecule has 0 spiro atoms. The molecule has 5 nitrogen and oxygen atoms in total. The number of nitrogens with zero attached hydrogens (tertiary/aromatic N) is 4. The first-order chi connectivity index (χ1) is 7.78. The van der Waals surface area contributed by atoms with Crippen LogP contribution in [0.25, 0.3) is 16.7 Å². The molecular weight excluding hydrogens is 204 g/mol. The molecule has 2 aromatic heterocycles. The molecule has 0 unspecified atom stereocenters. The highest BCUT2D eigenvalue weighted by atomic mass is 16.1. The van der Waals surface area contributed by atoms with Gasteiger partial charge in [-0.1, -0.05) is 0 Å². The number of carbonyl (C=O) groups is 1. The molecule has 3 rings (SSSR count). The molecule has 0 saturated heterocycles. The molecule has 0 saturated carbocycles. The van der Waals surface area contributed by atoms with Crippen LogP contribution < -0.4 is 0 Å². The smallest absolute Gasteiger partial charge is 0.178 e. The lowest BCUT2D eigenvalue weighted by Gasteiger charge is -1.99. The van der Waals surface area contributed by atoms with Gasteiger partial charge in [0.25, 0.3) is 0 Å². The van der Waals surface area contributed by atoms with Crippen molar-refractivity contribution in [1.82, 2.24) is 19.8 Å². The van der Waals surface area contributed by atoms with Gasteiger partial charge in [-0.05, 0) is 25.1 Å². The van der Waals surface area contributed by atoms with Gasteiger partial charge in [0.1, 0.15) is 11.8 Å². The molecule has 0 N–H and O–H groups in total. The zero-order chi connectivity index (χ0) is 11.1. The topological polar surface area (TPSA) is 60.2 Å². The Hall–Kier alpha value is -2.30. The summed E-state index contributed by atoms with van der Waals surface area (Å²) in [4.78, 5) is 10.6. The van der Waals surface area contributed by atoms with Crippen molar-refractivity contribution in [3.05, 3.63) is 35.5 Å². The molecule has 0 aliphatic rings. The van der Waals surface area contributed by atoms with Crippen molar-refractivity contribution < 1.29 is 4.79 Å². The summed E-state index contributed by atoms with van der Waals surface area (Å²) in [5, 5.41) is 12.4. The lowest BCUT2D eigenvalue weighted by Crippen LogP contribution is -1.96. The molecule has 0 atom stereocenters. The van der Waals surface area contributed by atoms with Gasteiger partial charge in [0.15, 0.2) is 5.65 Å². The quantitative estimate of drug-likeness (QED) is 0.572. The molecule has 5 heteroatoms. The van der Waals surface area contributed by atoms with Crippen molar-refractivity contribution >= 4 is 23.0 Å². The summed E-state index contributed by atoms with van der Waals surface area (Å²) in [6, 6.07) is 7.13. The molecule has 1 aromatic carbocycles. The highest BCUT2D eigenvalue weighted by Gasteiger charge is 2.05. The van der Waals surface area contributed by atoms with E-state index in [0.29, 0.717) is 16.7 Å². The Bertz CT molecular complexity index is 702. The number of hydrogen-bond donors (Lipinski definition) is 0. The predicted octanol–water partition coefficient (Wildman–Crippen LogP) is 1.40. The fraction of sp³-hybridized carbons (Fsp3) is 0.0909. The van der Waals surface area contributed by atoms with Gasteiger partial charge in [0.05, 0.1) is 11.2 Å². The minimum Gasteiger partial charge on any atom is -0.298 e. The second-order valence-corrected chi connectivity index (χ2v) is 3.62. The third-order valence-electron chi connectivity index (χ3n) is 2.44. The van der Waals surface area contributed by atoms with Crippen LogP contribution in [-0.2, 0) is 0 Å². The molecule has 16 heavy (non-hydrogen) atoms. The third-order valence-corrected chi connectivity index (χ3v) is 2.44. The maximum atomic E-state index is 10.6. The number of aryl methyl sites for hydroxylation is 1. The van der Waals surface area contributed by atoms with E-state index in [1.54, 1.807) is 16.6 Å². The second kappa shape index (κ2) is 3.10. The van der Waals surface area contributed by atoms with Crippen molar-refractivity contribution in [2.24, 2.45) is 0 Å². The summed E-state index contributed by atoms with van der Waals surface area (Å²) in [5.41, 5.74) is 3.71. The third kappa shape index (κ3) is 1.18. The lowest BCUT2D eigenvalue weighted by atomic mass is 10.2. The van der Waals surface area contributed by atoms with Crippen LogP contribution in [0.5, 0.6) is 0 Å². The van der Waals surface area contributed by atoms with E-state index in [1.165, 1.54) is 0 Å². The Kier molecular flexibility index (Phi) is 1.73. The van der Waals surface area contributed by atoms with Crippen LogP contribution in [0.3, 0.4) is 0 Å². The van der Waals surface area contributed by atoms with Gasteiger partial charge in [0.2, 0.25) is 0 Å². The SMILES string of the molecule is Cc1cc2nnc3cc(C=O)ccc3n2n1. The molecule has 0 fully saturated rings. The molecule has 78 valence electrons. The minimum atomic E-state index is 0.588. The summed E-state index contributed by atoms with van der Waals surface area (Å²) >= 11 is 0. The molecule has 0 bridgehead atoms. The summed E-state index contributed by atoms with van der Waals surface area (Å²) in [6.45, 7) is 1.90.